The molecule has 2 aliphatic heterocycles. The summed E-state index contributed by atoms with van der Waals surface area (Å²) in [5.74, 6) is 3.92. The average Bonchev–Trinajstić information content (AvgIpc) is 2.98. The van der Waals surface area contributed by atoms with Crippen LogP contribution in [0.15, 0.2) is 0 Å². The number of hydrogen-bond donors (Lipinski definition) is 0. The summed E-state index contributed by atoms with van der Waals surface area (Å²) in [4.78, 5) is 8.07. The van der Waals surface area contributed by atoms with Gasteiger partial charge in [0.15, 0.2) is 0 Å². The van der Waals surface area contributed by atoms with E-state index in [-0.39, 0.29) is 0 Å². The molecule has 24 heavy (non-hydrogen) atoms. The quantitative estimate of drug-likeness (QED) is 0.740. The Labute approximate surface area is 149 Å². The van der Waals surface area contributed by atoms with Gasteiger partial charge in [-0.2, -0.15) is 0 Å². The van der Waals surface area contributed by atoms with Crippen LogP contribution in [0.1, 0.15) is 46.0 Å². The molecule has 0 spiro atoms. The number of rotatable bonds is 6. The number of fused-ring (bicyclic) bond motifs is 1. The first kappa shape index (κ1) is 17.3. The minimum atomic E-state index is 0.728. The second kappa shape index (κ2) is 6.89. The van der Waals surface area contributed by atoms with Crippen molar-refractivity contribution in [3.05, 3.63) is 0 Å². The molecule has 2 saturated carbocycles. The summed E-state index contributed by atoms with van der Waals surface area (Å²) in [6, 6.07) is 0. The molecule has 0 radical (unpaired) electrons. The van der Waals surface area contributed by atoms with Crippen LogP contribution in [0.25, 0.3) is 0 Å². The van der Waals surface area contributed by atoms with E-state index in [1.165, 1.54) is 84.5 Å². The van der Waals surface area contributed by atoms with Crippen LogP contribution in [-0.4, -0.2) is 74.1 Å². The maximum Gasteiger partial charge on any atom is 0.0110 e. The molecule has 2 aliphatic carbocycles. The van der Waals surface area contributed by atoms with Crippen LogP contribution in [0.3, 0.4) is 0 Å². The van der Waals surface area contributed by atoms with Crippen LogP contribution in [0.2, 0.25) is 0 Å². The lowest BCUT2D eigenvalue weighted by Gasteiger charge is -2.34. The number of hydrogen-bond acceptors (Lipinski definition) is 3. The van der Waals surface area contributed by atoms with Crippen molar-refractivity contribution in [2.45, 2.75) is 46.0 Å². The molecule has 2 heterocycles. The van der Waals surface area contributed by atoms with E-state index < -0.39 is 0 Å². The maximum absolute atomic E-state index is 2.86. The van der Waals surface area contributed by atoms with Gasteiger partial charge in [0, 0.05) is 52.4 Å². The Kier molecular flexibility index (Phi) is 4.96. The molecule has 0 aromatic rings. The number of piperazine rings is 1. The van der Waals surface area contributed by atoms with Gasteiger partial charge in [0.05, 0.1) is 0 Å². The zero-order valence-electron chi connectivity index (χ0n) is 16.3. The maximum atomic E-state index is 2.86. The van der Waals surface area contributed by atoms with Crippen molar-refractivity contribution in [1.29, 1.82) is 0 Å². The number of likely N-dealkylation sites (N-methyl/N-ethyl adjacent to an activating group) is 1. The van der Waals surface area contributed by atoms with Crippen molar-refractivity contribution in [1.82, 2.24) is 14.7 Å². The predicted molar refractivity (Wildman–Crippen MR) is 101 cm³/mol. The van der Waals surface area contributed by atoms with Gasteiger partial charge in [-0.05, 0) is 68.2 Å². The molecule has 0 amide bonds. The van der Waals surface area contributed by atoms with Gasteiger partial charge in [0.25, 0.3) is 0 Å². The van der Waals surface area contributed by atoms with E-state index in [0.29, 0.717) is 0 Å². The normalized spacial score (nSPS) is 37.2. The van der Waals surface area contributed by atoms with Gasteiger partial charge in [-0.25, -0.2) is 0 Å². The fraction of sp³-hybridized carbons (Fsp3) is 1.00. The SMILES string of the molecule is CC(C)CC1(CN2C[C@H]3C[C@@H](CN4CCN(C)CC4)C[C@H]3C2)CC1. The van der Waals surface area contributed by atoms with E-state index in [4.69, 9.17) is 0 Å². The molecule has 0 N–H and O–H groups in total. The van der Waals surface area contributed by atoms with Crippen LogP contribution in [0.4, 0.5) is 0 Å². The fourth-order valence-electron chi connectivity index (χ4n) is 6.14. The van der Waals surface area contributed by atoms with E-state index in [9.17, 15) is 0 Å². The van der Waals surface area contributed by atoms with E-state index in [1.54, 1.807) is 0 Å². The highest BCUT2D eigenvalue weighted by Crippen LogP contribution is 2.52. The lowest BCUT2D eigenvalue weighted by atomic mass is 9.93. The zero-order chi connectivity index (χ0) is 16.7. The van der Waals surface area contributed by atoms with Crippen LogP contribution < -0.4 is 0 Å². The molecule has 3 nitrogen and oxygen atoms in total. The van der Waals surface area contributed by atoms with Crippen molar-refractivity contribution < 1.29 is 0 Å². The first-order valence-corrected chi connectivity index (χ1v) is 10.6. The summed E-state index contributed by atoms with van der Waals surface area (Å²) in [6.07, 6.45) is 7.51. The van der Waals surface area contributed by atoms with Gasteiger partial charge in [-0.3, -0.25) is 0 Å². The van der Waals surface area contributed by atoms with Crippen molar-refractivity contribution in [3.63, 3.8) is 0 Å². The highest BCUT2D eigenvalue weighted by Gasteiger charge is 2.47. The lowest BCUT2D eigenvalue weighted by Crippen LogP contribution is -2.46. The summed E-state index contributed by atoms with van der Waals surface area (Å²) in [7, 11) is 2.26. The number of likely N-dealkylation sites (tertiary alicyclic amines) is 1. The van der Waals surface area contributed by atoms with Crippen molar-refractivity contribution in [3.8, 4) is 0 Å². The van der Waals surface area contributed by atoms with Gasteiger partial charge in [0.2, 0.25) is 0 Å². The van der Waals surface area contributed by atoms with Gasteiger partial charge < -0.3 is 14.7 Å². The molecule has 2 saturated heterocycles. The Morgan fingerprint density at radius 1 is 0.917 bits per heavy atom. The second-order valence-electron chi connectivity index (χ2n) is 10.3. The second-order valence-corrected chi connectivity index (χ2v) is 10.3. The largest absolute Gasteiger partial charge is 0.304 e. The van der Waals surface area contributed by atoms with Gasteiger partial charge in [0.1, 0.15) is 0 Å². The molecular formula is C21H39N3. The molecule has 0 unspecified atom stereocenters. The molecule has 0 aromatic carbocycles. The topological polar surface area (TPSA) is 9.72 Å². The summed E-state index contributed by atoms with van der Waals surface area (Å²) < 4.78 is 0. The third-order valence-electron chi connectivity index (χ3n) is 7.39. The molecule has 0 bridgehead atoms. The Hall–Kier alpha value is -0.120. The lowest BCUT2D eigenvalue weighted by molar-refractivity contribution is 0.132. The van der Waals surface area contributed by atoms with Crippen molar-refractivity contribution in [2.24, 2.45) is 29.1 Å². The van der Waals surface area contributed by atoms with Crippen LogP contribution >= 0.6 is 0 Å². The minimum Gasteiger partial charge on any atom is -0.304 e. The van der Waals surface area contributed by atoms with E-state index >= 15 is 0 Å². The molecule has 3 heteroatoms. The summed E-state index contributed by atoms with van der Waals surface area (Å²) in [5, 5.41) is 0. The van der Waals surface area contributed by atoms with Crippen molar-refractivity contribution in [2.75, 3.05) is 59.4 Å². The fourth-order valence-corrected chi connectivity index (χ4v) is 6.14. The zero-order valence-corrected chi connectivity index (χ0v) is 16.3. The molecule has 0 aromatic heterocycles. The molecule has 138 valence electrons. The van der Waals surface area contributed by atoms with E-state index in [1.807, 2.05) is 0 Å². The number of nitrogens with zero attached hydrogens (tertiary/aromatic N) is 3. The van der Waals surface area contributed by atoms with Crippen molar-refractivity contribution >= 4 is 0 Å². The standard InChI is InChI=1S/C21H39N3/c1-17(2)12-21(4-5-21)16-24-14-19-10-18(11-20(19)15-24)13-23-8-6-22(3)7-9-23/h17-20H,4-16H2,1-3H3/t18-,19-,20+. The highest BCUT2D eigenvalue weighted by molar-refractivity contribution is 5.00. The van der Waals surface area contributed by atoms with Gasteiger partial charge in [-0.1, -0.05) is 13.8 Å². The molecule has 4 aliphatic rings. The molecular weight excluding hydrogens is 294 g/mol. The first-order valence-electron chi connectivity index (χ1n) is 10.6. The monoisotopic (exact) mass is 333 g/mol. The first-order chi connectivity index (χ1) is 11.5. The minimum absolute atomic E-state index is 0.728. The Balaban J connectivity index is 1.21. The Bertz CT molecular complexity index is 409. The molecule has 4 fully saturated rings. The molecule has 3 atom stereocenters. The van der Waals surface area contributed by atoms with Crippen LogP contribution in [0, 0.1) is 29.1 Å². The Morgan fingerprint density at radius 2 is 1.54 bits per heavy atom. The summed E-state index contributed by atoms with van der Waals surface area (Å²) >= 11 is 0. The molecule has 4 rings (SSSR count). The third-order valence-corrected chi connectivity index (χ3v) is 7.39. The van der Waals surface area contributed by atoms with Crippen LogP contribution in [0.5, 0.6) is 0 Å². The van der Waals surface area contributed by atoms with Gasteiger partial charge >= 0.3 is 0 Å². The highest BCUT2D eigenvalue weighted by atomic mass is 15.2. The summed E-state index contributed by atoms with van der Waals surface area (Å²) in [5.41, 5.74) is 0.728. The third kappa shape index (κ3) is 3.99. The summed E-state index contributed by atoms with van der Waals surface area (Å²) in [6.45, 7) is 15.6. The average molecular weight is 334 g/mol. The predicted octanol–water partition coefficient (Wildman–Crippen LogP) is 3.02. The van der Waals surface area contributed by atoms with E-state index in [2.05, 4.69) is 35.6 Å². The smallest absolute Gasteiger partial charge is 0.0110 e. The van der Waals surface area contributed by atoms with Gasteiger partial charge in [-0.15, -0.1) is 0 Å². The Morgan fingerprint density at radius 3 is 2.08 bits per heavy atom. The van der Waals surface area contributed by atoms with Crippen LogP contribution in [-0.2, 0) is 0 Å². The van der Waals surface area contributed by atoms with E-state index in [0.717, 1.165) is 29.1 Å².